The summed E-state index contributed by atoms with van der Waals surface area (Å²) in [6.45, 7) is 5.58. The third-order valence-corrected chi connectivity index (χ3v) is 10.3. The molecule has 5 rings (SSSR count). The van der Waals surface area contributed by atoms with Gasteiger partial charge in [0.05, 0.1) is 12.6 Å². The molecule has 4 fully saturated rings. The maximum atomic E-state index is 13.4. The minimum atomic E-state index is -0.0659. The van der Waals surface area contributed by atoms with Gasteiger partial charge in [-0.2, -0.15) is 0 Å². The highest BCUT2D eigenvalue weighted by molar-refractivity contribution is 5.81. The zero-order valence-electron chi connectivity index (χ0n) is 18.4. The lowest BCUT2D eigenvalue weighted by Gasteiger charge is -2.63. The van der Waals surface area contributed by atoms with Crippen molar-refractivity contribution in [1.29, 1.82) is 0 Å². The number of fused-ring (bicyclic) bond motifs is 5. The lowest BCUT2D eigenvalue weighted by molar-refractivity contribution is -0.160. The Bertz CT molecular complexity index is 742. The number of aliphatic hydroxyl groups excluding tert-OH is 1. The molecular weight excluding hydrogens is 358 g/mol. The van der Waals surface area contributed by atoms with Crippen LogP contribution in [0.25, 0.3) is 0 Å². The van der Waals surface area contributed by atoms with Crippen LogP contribution in [0.3, 0.4) is 0 Å². The number of ketones is 1. The fourth-order valence-corrected chi connectivity index (χ4v) is 8.73. The summed E-state index contributed by atoms with van der Waals surface area (Å²) >= 11 is 0. The van der Waals surface area contributed by atoms with Gasteiger partial charge in [0.1, 0.15) is 0 Å². The fourth-order valence-electron chi connectivity index (χ4n) is 8.73. The first-order chi connectivity index (χ1) is 13.9. The van der Waals surface area contributed by atoms with Gasteiger partial charge in [0.15, 0.2) is 5.78 Å². The topological polar surface area (TPSA) is 42.2 Å². The summed E-state index contributed by atoms with van der Waals surface area (Å²) in [5.74, 6) is 3.75. The molecule has 0 saturated heterocycles. The van der Waals surface area contributed by atoms with Crippen LogP contribution in [0.1, 0.15) is 78.1 Å². The van der Waals surface area contributed by atoms with E-state index in [4.69, 9.17) is 0 Å². The molecule has 29 heavy (non-hydrogen) atoms. The van der Waals surface area contributed by atoms with Gasteiger partial charge in [0.2, 0.25) is 0 Å². The zero-order valence-corrected chi connectivity index (χ0v) is 18.4. The molecule has 1 aromatic rings. The Kier molecular flexibility index (Phi) is 4.96. The third kappa shape index (κ3) is 3.14. The Hall–Kier alpha value is -1.09. The van der Waals surface area contributed by atoms with E-state index in [1.54, 1.807) is 0 Å². The molecule has 0 amide bonds. The molecule has 160 valence electrons. The summed E-state index contributed by atoms with van der Waals surface area (Å²) in [7, 11) is 0. The van der Waals surface area contributed by atoms with Gasteiger partial charge in [-0.25, -0.2) is 0 Å². The number of aromatic nitrogens is 1. The number of nitrogens with zero attached hydrogens (tertiary/aromatic N) is 1. The lowest BCUT2D eigenvalue weighted by Crippen LogP contribution is -2.57. The van der Waals surface area contributed by atoms with Crippen molar-refractivity contribution in [2.45, 2.75) is 90.7 Å². The van der Waals surface area contributed by atoms with Crippen LogP contribution < -0.4 is 0 Å². The van der Waals surface area contributed by atoms with Crippen LogP contribution in [0.15, 0.2) is 24.5 Å². The van der Waals surface area contributed by atoms with E-state index in [2.05, 4.69) is 18.4 Å². The molecule has 4 aliphatic carbocycles. The largest absolute Gasteiger partial charge is 0.393 e. The normalized spacial score (nSPS) is 47.0. The second kappa shape index (κ2) is 7.25. The molecule has 1 aromatic heterocycles. The quantitative estimate of drug-likeness (QED) is 0.735. The molecule has 1 N–H and O–H groups in total. The van der Waals surface area contributed by atoms with Crippen LogP contribution in [0.5, 0.6) is 0 Å². The first-order valence-corrected chi connectivity index (χ1v) is 12.2. The van der Waals surface area contributed by atoms with Crippen molar-refractivity contribution in [3.63, 3.8) is 0 Å². The molecule has 4 aliphatic rings. The van der Waals surface area contributed by atoms with Gasteiger partial charge in [0, 0.05) is 18.3 Å². The van der Waals surface area contributed by atoms with Crippen molar-refractivity contribution < 1.29 is 9.90 Å². The van der Waals surface area contributed by atoms with Crippen molar-refractivity contribution in [2.75, 3.05) is 0 Å². The van der Waals surface area contributed by atoms with Gasteiger partial charge >= 0.3 is 0 Å². The standard InChI is InChI=1S/C26H39NO2/c1-25-12-10-19(28)16-18(25)8-9-20-21-6-5-7-23(26(21,2)13-11-22(20)25)24(29)17-27-14-3-4-15-27/h3-4,14-15,18-23,28H,5-13,16-17H2,1-2H3/t18-,19+,20-,21-,22-,23+,25-,26-/m0/s1. The first kappa shape index (κ1) is 19.8. The van der Waals surface area contributed by atoms with Crippen LogP contribution in [0.2, 0.25) is 0 Å². The first-order valence-electron chi connectivity index (χ1n) is 12.2. The molecular formula is C26H39NO2. The Balaban J connectivity index is 1.38. The summed E-state index contributed by atoms with van der Waals surface area (Å²) in [6.07, 6.45) is 16.0. The van der Waals surface area contributed by atoms with Crippen molar-refractivity contribution in [1.82, 2.24) is 4.57 Å². The number of aliphatic hydroxyl groups is 1. The molecule has 0 spiro atoms. The van der Waals surface area contributed by atoms with Crippen molar-refractivity contribution in [2.24, 2.45) is 40.4 Å². The molecule has 0 radical (unpaired) electrons. The molecule has 0 unspecified atom stereocenters. The average Bonchev–Trinajstić information content (AvgIpc) is 3.20. The number of hydrogen-bond acceptors (Lipinski definition) is 2. The van der Waals surface area contributed by atoms with Gasteiger partial charge in [0.25, 0.3) is 0 Å². The number of carbonyl (C=O) groups excluding carboxylic acids is 1. The second-order valence-electron chi connectivity index (χ2n) is 11.4. The van der Waals surface area contributed by atoms with Gasteiger partial charge in [-0.1, -0.05) is 20.3 Å². The Morgan fingerprint density at radius 2 is 1.69 bits per heavy atom. The van der Waals surface area contributed by atoms with E-state index in [1.807, 2.05) is 24.5 Å². The molecule has 0 bridgehead atoms. The van der Waals surface area contributed by atoms with Gasteiger partial charge in [-0.15, -0.1) is 0 Å². The van der Waals surface area contributed by atoms with Crippen LogP contribution in [0.4, 0.5) is 0 Å². The summed E-state index contributed by atoms with van der Waals surface area (Å²) in [5, 5.41) is 10.2. The Morgan fingerprint density at radius 3 is 2.48 bits per heavy atom. The molecule has 1 heterocycles. The van der Waals surface area contributed by atoms with E-state index >= 15 is 0 Å². The van der Waals surface area contributed by atoms with Crippen LogP contribution >= 0.6 is 0 Å². The Labute approximate surface area is 176 Å². The minimum absolute atomic E-state index is 0.0659. The van der Waals surface area contributed by atoms with Gasteiger partial charge < -0.3 is 9.67 Å². The minimum Gasteiger partial charge on any atom is -0.393 e. The molecule has 0 aliphatic heterocycles. The number of carbonyl (C=O) groups is 1. The highest BCUT2D eigenvalue weighted by Crippen LogP contribution is 2.66. The van der Waals surface area contributed by atoms with Crippen molar-refractivity contribution >= 4 is 5.78 Å². The molecule has 8 atom stereocenters. The van der Waals surface area contributed by atoms with Gasteiger partial charge in [-0.3, -0.25) is 4.79 Å². The molecule has 3 nitrogen and oxygen atoms in total. The SMILES string of the molecule is C[C@]12CC[C@@H](O)C[C@@H]1CC[C@@H]1[C@@H]2CC[C@]2(C)[C@@H](C(=O)Cn3cccc3)CCC[C@@H]12. The zero-order chi connectivity index (χ0) is 20.2. The lowest BCUT2D eigenvalue weighted by atomic mass is 9.41. The summed E-state index contributed by atoms with van der Waals surface area (Å²) in [4.78, 5) is 13.4. The fraction of sp³-hybridized carbons (Fsp3) is 0.808. The van der Waals surface area contributed by atoms with Gasteiger partial charge in [-0.05, 0) is 104 Å². The molecule has 0 aromatic carbocycles. The average molecular weight is 398 g/mol. The second-order valence-corrected chi connectivity index (χ2v) is 11.4. The predicted octanol–water partition coefficient (Wildman–Crippen LogP) is 5.47. The maximum absolute atomic E-state index is 13.4. The van der Waals surface area contributed by atoms with E-state index in [-0.39, 0.29) is 17.4 Å². The van der Waals surface area contributed by atoms with E-state index in [0.717, 1.165) is 37.0 Å². The molecule has 3 heteroatoms. The monoisotopic (exact) mass is 397 g/mol. The Morgan fingerprint density at radius 1 is 0.966 bits per heavy atom. The molecule has 4 saturated carbocycles. The summed E-state index contributed by atoms with van der Waals surface area (Å²) in [6, 6.07) is 4.04. The van der Waals surface area contributed by atoms with E-state index in [1.165, 1.54) is 44.9 Å². The summed E-state index contributed by atoms with van der Waals surface area (Å²) < 4.78 is 2.06. The number of Topliss-reactive ketones (excluding diaryl/α,β-unsaturated/α-hetero) is 1. The van der Waals surface area contributed by atoms with Crippen molar-refractivity contribution in [3.05, 3.63) is 24.5 Å². The van der Waals surface area contributed by atoms with Crippen LogP contribution in [0, 0.1) is 40.4 Å². The maximum Gasteiger partial charge on any atom is 0.156 e. The van der Waals surface area contributed by atoms with E-state index in [0.29, 0.717) is 23.7 Å². The van der Waals surface area contributed by atoms with Crippen LogP contribution in [-0.2, 0) is 11.3 Å². The highest BCUT2D eigenvalue weighted by atomic mass is 16.3. The van der Waals surface area contributed by atoms with Crippen molar-refractivity contribution in [3.8, 4) is 0 Å². The number of rotatable bonds is 3. The number of hydrogen-bond donors (Lipinski definition) is 1. The van der Waals surface area contributed by atoms with E-state index < -0.39 is 0 Å². The highest BCUT2D eigenvalue weighted by Gasteiger charge is 2.59. The third-order valence-electron chi connectivity index (χ3n) is 10.3. The predicted molar refractivity (Wildman–Crippen MR) is 115 cm³/mol. The smallest absolute Gasteiger partial charge is 0.156 e. The van der Waals surface area contributed by atoms with E-state index in [9.17, 15) is 9.90 Å². The summed E-state index contributed by atoms with van der Waals surface area (Å²) in [5.41, 5.74) is 0.618. The van der Waals surface area contributed by atoms with Crippen LogP contribution in [-0.4, -0.2) is 21.6 Å².